The van der Waals surface area contributed by atoms with Crippen molar-refractivity contribution in [2.24, 2.45) is 0 Å². The summed E-state index contributed by atoms with van der Waals surface area (Å²) >= 11 is 0. The minimum Gasteiger partial charge on any atom is -0.497 e. The Hall–Kier alpha value is -2.22. The van der Waals surface area contributed by atoms with Crippen LogP contribution >= 0.6 is 0 Å². The third-order valence-electron chi connectivity index (χ3n) is 3.56. The maximum absolute atomic E-state index is 14.2. The van der Waals surface area contributed by atoms with Crippen molar-refractivity contribution in [2.75, 3.05) is 7.11 Å². The van der Waals surface area contributed by atoms with E-state index in [9.17, 15) is 31.4 Å². The first-order valence-corrected chi connectivity index (χ1v) is 6.62. The van der Waals surface area contributed by atoms with Crippen molar-refractivity contribution in [3.05, 3.63) is 65.5 Å². The summed E-state index contributed by atoms with van der Waals surface area (Å²) in [4.78, 5) is 0. The van der Waals surface area contributed by atoms with E-state index >= 15 is 0 Å². The molecule has 2 aromatic carbocycles. The molecule has 0 spiro atoms. The molecule has 0 heterocycles. The Balaban J connectivity index is 2.82. The third kappa shape index (κ3) is 2.71. The van der Waals surface area contributed by atoms with Gasteiger partial charge in [0.25, 0.3) is 0 Å². The van der Waals surface area contributed by atoms with Crippen molar-refractivity contribution >= 4 is 0 Å². The molecule has 0 aliphatic rings. The molecule has 1 atom stereocenters. The first-order valence-electron chi connectivity index (χ1n) is 6.62. The van der Waals surface area contributed by atoms with E-state index in [-0.39, 0.29) is 5.75 Å². The molecule has 2 nitrogen and oxygen atoms in total. The number of aliphatic hydroxyl groups is 1. The lowest BCUT2D eigenvalue weighted by Gasteiger charge is -2.37. The van der Waals surface area contributed by atoms with Crippen LogP contribution in [0, 0.1) is 5.82 Å². The second-order valence-corrected chi connectivity index (χ2v) is 4.99. The van der Waals surface area contributed by atoms with Gasteiger partial charge in [-0.15, -0.1) is 0 Å². The van der Waals surface area contributed by atoms with Crippen LogP contribution in [0.1, 0.15) is 11.1 Å². The van der Waals surface area contributed by atoms with Crippen molar-refractivity contribution in [3.63, 3.8) is 0 Å². The van der Waals surface area contributed by atoms with E-state index in [1.165, 1.54) is 13.2 Å². The van der Waals surface area contributed by atoms with Gasteiger partial charge in [0, 0.05) is 5.56 Å². The van der Waals surface area contributed by atoms with Gasteiger partial charge in [-0.3, -0.25) is 0 Å². The fourth-order valence-electron chi connectivity index (χ4n) is 2.31. The lowest BCUT2D eigenvalue weighted by atomic mass is 9.80. The van der Waals surface area contributed by atoms with E-state index in [0.29, 0.717) is 12.1 Å². The number of halogens is 6. The number of alkyl halides is 5. The molecule has 1 unspecified atom stereocenters. The molecule has 2 aromatic rings. The van der Waals surface area contributed by atoms with Crippen LogP contribution < -0.4 is 4.74 Å². The first-order chi connectivity index (χ1) is 11.1. The van der Waals surface area contributed by atoms with Crippen LogP contribution in [0.25, 0.3) is 0 Å². The predicted molar refractivity (Wildman–Crippen MR) is 73.4 cm³/mol. The molecule has 2 rings (SSSR count). The van der Waals surface area contributed by atoms with E-state index < -0.39 is 34.6 Å². The van der Waals surface area contributed by atoms with Crippen LogP contribution in [-0.2, 0) is 5.60 Å². The summed E-state index contributed by atoms with van der Waals surface area (Å²) in [5.41, 5.74) is -6.01. The molecular formula is C16H12F6O2. The van der Waals surface area contributed by atoms with Crippen molar-refractivity contribution in [1.29, 1.82) is 0 Å². The number of hydrogen-bond donors (Lipinski definition) is 1. The van der Waals surface area contributed by atoms with E-state index in [4.69, 9.17) is 4.74 Å². The van der Waals surface area contributed by atoms with E-state index in [0.717, 1.165) is 30.3 Å². The second kappa shape index (κ2) is 6.01. The van der Waals surface area contributed by atoms with E-state index in [1.807, 2.05) is 0 Å². The fourth-order valence-corrected chi connectivity index (χ4v) is 2.31. The number of methoxy groups -OCH3 is 1. The summed E-state index contributed by atoms with van der Waals surface area (Å²) in [5, 5.41) is 10.5. The van der Waals surface area contributed by atoms with Crippen molar-refractivity contribution in [3.8, 4) is 5.75 Å². The molecule has 1 N–H and O–H groups in total. The minimum absolute atomic E-state index is 0.0692. The predicted octanol–water partition coefficient (Wildman–Crippen LogP) is 4.27. The zero-order valence-electron chi connectivity index (χ0n) is 12.2. The Morgan fingerprint density at radius 1 is 0.917 bits per heavy atom. The Morgan fingerprint density at radius 2 is 1.54 bits per heavy atom. The standard InChI is InChI=1S/C16H12F6O2/c1-24-11-6-4-5-10(9-11)14(23,15(18,19)16(20,21)22)12-7-2-3-8-13(12)17/h2-9,23H,1H3. The summed E-state index contributed by atoms with van der Waals surface area (Å²) in [6.45, 7) is 0. The monoisotopic (exact) mass is 350 g/mol. The summed E-state index contributed by atoms with van der Waals surface area (Å²) in [7, 11) is 1.17. The van der Waals surface area contributed by atoms with Gasteiger partial charge in [-0.1, -0.05) is 30.3 Å². The molecule has 130 valence electrons. The SMILES string of the molecule is COc1cccc(C(O)(c2ccccc2F)C(F)(F)C(F)(F)F)c1. The van der Waals surface area contributed by atoms with Gasteiger partial charge >= 0.3 is 12.1 Å². The zero-order valence-corrected chi connectivity index (χ0v) is 12.2. The Labute approximate surface area is 133 Å². The van der Waals surface area contributed by atoms with Crippen LogP contribution in [0.15, 0.2) is 48.5 Å². The van der Waals surface area contributed by atoms with E-state index in [1.54, 1.807) is 0 Å². The van der Waals surface area contributed by atoms with Gasteiger partial charge in [0.1, 0.15) is 11.6 Å². The first kappa shape index (κ1) is 18.1. The molecular weight excluding hydrogens is 338 g/mol. The quantitative estimate of drug-likeness (QED) is 0.835. The minimum atomic E-state index is -6.12. The van der Waals surface area contributed by atoms with Gasteiger partial charge in [-0.2, -0.15) is 22.0 Å². The van der Waals surface area contributed by atoms with Crippen molar-refractivity contribution in [2.45, 2.75) is 17.7 Å². The van der Waals surface area contributed by atoms with Gasteiger partial charge in [-0.25, -0.2) is 4.39 Å². The van der Waals surface area contributed by atoms with Crippen LogP contribution in [0.2, 0.25) is 0 Å². The molecule has 24 heavy (non-hydrogen) atoms. The van der Waals surface area contributed by atoms with Crippen LogP contribution in [0.4, 0.5) is 26.3 Å². The van der Waals surface area contributed by atoms with Gasteiger partial charge in [-0.05, 0) is 23.8 Å². The smallest absolute Gasteiger partial charge is 0.457 e. The molecule has 0 saturated carbocycles. The maximum Gasteiger partial charge on any atom is 0.457 e. The summed E-state index contributed by atoms with van der Waals surface area (Å²) in [6, 6.07) is 7.57. The Morgan fingerprint density at radius 3 is 2.08 bits per heavy atom. The molecule has 0 radical (unpaired) electrons. The fraction of sp³-hybridized carbons (Fsp3) is 0.250. The number of ether oxygens (including phenoxy) is 1. The highest BCUT2D eigenvalue weighted by Crippen LogP contribution is 2.52. The molecule has 0 aromatic heterocycles. The Bertz CT molecular complexity index is 729. The van der Waals surface area contributed by atoms with Gasteiger partial charge < -0.3 is 9.84 Å². The molecule has 0 amide bonds. The highest BCUT2D eigenvalue weighted by Gasteiger charge is 2.71. The average molecular weight is 350 g/mol. The molecule has 0 bridgehead atoms. The molecule has 0 aliphatic carbocycles. The summed E-state index contributed by atoms with van der Waals surface area (Å²) < 4.78 is 86.0. The number of hydrogen-bond acceptors (Lipinski definition) is 2. The van der Waals surface area contributed by atoms with Gasteiger partial charge in [0.2, 0.25) is 0 Å². The zero-order chi connectivity index (χ0) is 18.2. The lowest BCUT2D eigenvalue weighted by molar-refractivity contribution is -0.337. The average Bonchev–Trinajstić information content (AvgIpc) is 2.53. The largest absolute Gasteiger partial charge is 0.497 e. The van der Waals surface area contributed by atoms with Crippen molar-refractivity contribution < 1.29 is 36.2 Å². The van der Waals surface area contributed by atoms with Crippen molar-refractivity contribution in [1.82, 2.24) is 0 Å². The lowest BCUT2D eigenvalue weighted by Crippen LogP contribution is -2.56. The second-order valence-electron chi connectivity index (χ2n) is 4.99. The highest BCUT2D eigenvalue weighted by atomic mass is 19.4. The molecule has 8 heteroatoms. The van der Waals surface area contributed by atoms with Crippen LogP contribution in [-0.4, -0.2) is 24.3 Å². The summed E-state index contributed by atoms with van der Waals surface area (Å²) in [6.07, 6.45) is -6.12. The maximum atomic E-state index is 14.2. The number of benzene rings is 2. The molecule has 0 saturated heterocycles. The molecule has 0 aliphatic heterocycles. The highest BCUT2D eigenvalue weighted by molar-refractivity contribution is 5.43. The van der Waals surface area contributed by atoms with Crippen LogP contribution in [0.5, 0.6) is 5.75 Å². The van der Waals surface area contributed by atoms with Gasteiger partial charge in [0.15, 0.2) is 5.60 Å². The van der Waals surface area contributed by atoms with Crippen LogP contribution in [0.3, 0.4) is 0 Å². The topological polar surface area (TPSA) is 29.5 Å². The summed E-state index contributed by atoms with van der Waals surface area (Å²) in [5.74, 6) is -7.12. The van der Waals surface area contributed by atoms with Gasteiger partial charge in [0.05, 0.1) is 7.11 Å². The molecule has 0 fully saturated rings. The Kier molecular flexibility index (Phi) is 4.54. The number of rotatable bonds is 4. The van der Waals surface area contributed by atoms with E-state index in [2.05, 4.69) is 0 Å². The normalized spacial score (nSPS) is 15.0. The third-order valence-corrected chi connectivity index (χ3v) is 3.56.